The van der Waals surface area contributed by atoms with E-state index in [0.717, 1.165) is 35.6 Å². The molecule has 0 spiro atoms. The molecule has 1 fully saturated rings. The van der Waals surface area contributed by atoms with Gasteiger partial charge >= 0.3 is 6.18 Å². The maximum absolute atomic E-state index is 13.3. The van der Waals surface area contributed by atoms with Crippen LogP contribution in [-0.4, -0.2) is 18.2 Å². The summed E-state index contributed by atoms with van der Waals surface area (Å²) in [7, 11) is 1.53. The second-order valence-electron chi connectivity index (χ2n) is 6.11. The van der Waals surface area contributed by atoms with Crippen molar-refractivity contribution in [2.75, 3.05) is 13.7 Å². The zero-order valence-corrected chi connectivity index (χ0v) is 13.8. The normalized spacial score (nSPS) is 17.7. The van der Waals surface area contributed by atoms with E-state index in [2.05, 4.69) is 5.32 Å². The van der Waals surface area contributed by atoms with Gasteiger partial charge in [-0.3, -0.25) is 4.79 Å². The first kappa shape index (κ1) is 17.5. The van der Waals surface area contributed by atoms with Gasteiger partial charge in [-0.15, -0.1) is 0 Å². The highest BCUT2D eigenvalue weighted by Gasteiger charge is 2.35. The molecule has 134 valence electrons. The topological polar surface area (TPSA) is 43.3 Å². The molecular formula is C18H19F3N2O2. The summed E-state index contributed by atoms with van der Waals surface area (Å²) in [5.74, 6) is 0.649. The zero-order chi connectivity index (χ0) is 18.0. The molecule has 0 amide bonds. The summed E-state index contributed by atoms with van der Waals surface area (Å²) in [4.78, 5) is 12.3. The molecule has 1 aromatic heterocycles. The first-order chi connectivity index (χ1) is 11.9. The summed E-state index contributed by atoms with van der Waals surface area (Å²) in [5, 5.41) is 3.18. The lowest BCUT2D eigenvalue weighted by molar-refractivity contribution is -0.139. The molecule has 1 aliphatic rings. The lowest BCUT2D eigenvalue weighted by Crippen LogP contribution is -2.30. The largest absolute Gasteiger partial charge is 0.497 e. The van der Waals surface area contributed by atoms with E-state index < -0.39 is 17.3 Å². The molecule has 7 heteroatoms. The Morgan fingerprint density at radius 1 is 1.28 bits per heavy atom. The van der Waals surface area contributed by atoms with Crippen LogP contribution in [0.3, 0.4) is 0 Å². The SMILES string of the molecule is COc1ccc(Cn2cc(C3CCCN3)cc(C(F)(F)F)c2=O)cc1. The number of methoxy groups -OCH3 is 1. The first-order valence-electron chi connectivity index (χ1n) is 8.06. The summed E-state index contributed by atoms with van der Waals surface area (Å²) < 4.78 is 46.1. The third-order valence-electron chi connectivity index (χ3n) is 4.39. The predicted molar refractivity (Wildman–Crippen MR) is 87.8 cm³/mol. The fraction of sp³-hybridized carbons (Fsp3) is 0.389. The number of nitrogens with one attached hydrogen (secondary N) is 1. The van der Waals surface area contributed by atoms with Gasteiger partial charge in [0.1, 0.15) is 11.3 Å². The van der Waals surface area contributed by atoms with Crippen molar-refractivity contribution in [1.29, 1.82) is 0 Å². The van der Waals surface area contributed by atoms with Crippen LogP contribution in [0.15, 0.2) is 41.3 Å². The van der Waals surface area contributed by atoms with Gasteiger partial charge in [0.05, 0.1) is 13.7 Å². The first-order valence-corrected chi connectivity index (χ1v) is 8.06. The van der Waals surface area contributed by atoms with Gasteiger partial charge in [0.2, 0.25) is 0 Å². The van der Waals surface area contributed by atoms with E-state index in [9.17, 15) is 18.0 Å². The minimum absolute atomic E-state index is 0.0759. The molecule has 0 aliphatic carbocycles. The van der Waals surface area contributed by atoms with Gasteiger partial charge < -0.3 is 14.6 Å². The van der Waals surface area contributed by atoms with E-state index in [0.29, 0.717) is 11.3 Å². The van der Waals surface area contributed by atoms with Crippen LogP contribution in [0.25, 0.3) is 0 Å². The fourth-order valence-electron chi connectivity index (χ4n) is 3.07. The number of halogens is 3. The van der Waals surface area contributed by atoms with E-state index in [-0.39, 0.29) is 12.6 Å². The average molecular weight is 352 g/mol. The summed E-state index contributed by atoms with van der Waals surface area (Å²) in [5.41, 5.74) is -0.914. The molecule has 4 nitrogen and oxygen atoms in total. The molecule has 3 rings (SSSR count). The number of aromatic nitrogens is 1. The molecule has 0 bridgehead atoms. The van der Waals surface area contributed by atoms with Gasteiger partial charge in [-0.25, -0.2) is 0 Å². The van der Waals surface area contributed by atoms with Gasteiger partial charge in [0.25, 0.3) is 5.56 Å². The molecule has 1 saturated heterocycles. The molecule has 25 heavy (non-hydrogen) atoms. The van der Waals surface area contributed by atoms with Crippen LogP contribution in [0.2, 0.25) is 0 Å². The number of rotatable bonds is 4. The number of hydrogen-bond donors (Lipinski definition) is 1. The van der Waals surface area contributed by atoms with Crippen LogP contribution in [0, 0.1) is 0 Å². The monoisotopic (exact) mass is 352 g/mol. The van der Waals surface area contributed by atoms with Crippen LogP contribution in [0.4, 0.5) is 13.2 Å². The summed E-state index contributed by atoms with van der Waals surface area (Å²) >= 11 is 0. The highest BCUT2D eigenvalue weighted by Crippen LogP contribution is 2.30. The van der Waals surface area contributed by atoms with E-state index in [1.807, 2.05) is 0 Å². The third kappa shape index (κ3) is 3.87. The lowest BCUT2D eigenvalue weighted by Gasteiger charge is -2.17. The van der Waals surface area contributed by atoms with Gasteiger partial charge in [0, 0.05) is 12.2 Å². The highest BCUT2D eigenvalue weighted by atomic mass is 19.4. The van der Waals surface area contributed by atoms with Crippen LogP contribution in [0.5, 0.6) is 5.75 Å². The third-order valence-corrected chi connectivity index (χ3v) is 4.39. The molecule has 1 aromatic carbocycles. The molecular weight excluding hydrogens is 333 g/mol. The van der Waals surface area contributed by atoms with Crippen molar-refractivity contribution in [3.63, 3.8) is 0 Å². The molecule has 1 atom stereocenters. The molecule has 1 N–H and O–H groups in total. The molecule has 2 heterocycles. The van der Waals surface area contributed by atoms with Crippen molar-refractivity contribution in [3.05, 3.63) is 63.6 Å². The van der Waals surface area contributed by atoms with Gasteiger partial charge in [-0.2, -0.15) is 13.2 Å². The number of benzene rings is 1. The van der Waals surface area contributed by atoms with Crippen molar-refractivity contribution < 1.29 is 17.9 Å². The van der Waals surface area contributed by atoms with Crippen molar-refractivity contribution in [1.82, 2.24) is 9.88 Å². The Labute approximate surface area is 143 Å². The Hall–Kier alpha value is -2.28. The number of ether oxygens (including phenoxy) is 1. The highest BCUT2D eigenvalue weighted by molar-refractivity contribution is 5.29. The molecule has 0 radical (unpaired) electrons. The van der Waals surface area contributed by atoms with Crippen LogP contribution in [0.1, 0.15) is 35.6 Å². The maximum atomic E-state index is 13.3. The Balaban J connectivity index is 2.01. The number of hydrogen-bond acceptors (Lipinski definition) is 3. The van der Waals surface area contributed by atoms with Gasteiger partial charge in [-0.1, -0.05) is 12.1 Å². The van der Waals surface area contributed by atoms with Gasteiger partial charge in [0.15, 0.2) is 0 Å². The Bertz CT molecular complexity index is 791. The van der Waals surface area contributed by atoms with Crippen molar-refractivity contribution >= 4 is 0 Å². The van der Waals surface area contributed by atoms with Crippen LogP contribution >= 0.6 is 0 Å². The summed E-state index contributed by atoms with van der Waals surface area (Å²) in [6.45, 7) is 0.843. The summed E-state index contributed by atoms with van der Waals surface area (Å²) in [6, 6.07) is 7.73. The van der Waals surface area contributed by atoms with E-state index in [1.165, 1.54) is 13.3 Å². The van der Waals surface area contributed by atoms with Crippen molar-refractivity contribution in [3.8, 4) is 5.75 Å². The molecule has 2 aromatic rings. The Morgan fingerprint density at radius 2 is 2.00 bits per heavy atom. The smallest absolute Gasteiger partial charge is 0.421 e. The lowest BCUT2D eigenvalue weighted by atomic mass is 10.0. The van der Waals surface area contributed by atoms with Crippen molar-refractivity contribution in [2.24, 2.45) is 0 Å². The second kappa shape index (κ2) is 6.92. The van der Waals surface area contributed by atoms with Crippen molar-refractivity contribution in [2.45, 2.75) is 31.6 Å². The Morgan fingerprint density at radius 3 is 2.56 bits per heavy atom. The minimum atomic E-state index is -4.67. The average Bonchev–Trinajstić information content (AvgIpc) is 3.11. The Kier molecular flexibility index (Phi) is 4.85. The summed E-state index contributed by atoms with van der Waals surface area (Å²) in [6.07, 6.45) is -1.47. The number of nitrogens with zero attached hydrogens (tertiary/aromatic N) is 1. The van der Waals surface area contributed by atoms with E-state index in [1.54, 1.807) is 24.3 Å². The predicted octanol–water partition coefficient (Wildman–Crippen LogP) is 3.35. The zero-order valence-electron chi connectivity index (χ0n) is 13.8. The number of alkyl halides is 3. The number of pyridine rings is 1. The fourth-order valence-corrected chi connectivity index (χ4v) is 3.07. The van der Waals surface area contributed by atoms with E-state index >= 15 is 0 Å². The molecule has 1 aliphatic heterocycles. The van der Waals surface area contributed by atoms with Crippen LogP contribution < -0.4 is 15.6 Å². The van der Waals surface area contributed by atoms with E-state index in [4.69, 9.17) is 4.74 Å². The second-order valence-corrected chi connectivity index (χ2v) is 6.11. The quantitative estimate of drug-likeness (QED) is 0.918. The maximum Gasteiger partial charge on any atom is 0.421 e. The molecule has 1 unspecified atom stereocenters. The molecule has 0 saturated carbocycles. The van der Waals surface area contributed by atoms with Gasteiger partial charge in [-0.05, 0) is 48.7 Å². The standard InChI is InChI=1S/C18H19F3N2O2/c1-25-14-6-4-12(5-7-14)10-23-11-13(16-3-2-8-22-16)9-15(17(23)24)18(19,20)21/h4-7,9,11,16,22H,2-3,8,10H2,1H3. The van der Waals surface area contributed by atoms with Crippen LogP contribution in [-0.2, 0) is 12.7 Å². The minimum Gasteiger partial charge on any atom is -0.497 e.